The highest BCUT2D eigenvalue weighted by molar-refractivity contribution is 7.89. The fourth-order valence-electron chi connectivity index (χ4n) is 3.96. The van der Waals surface area contributed by atoms with E-state index in [1.807, 2.05) is 0 Å². The van der Waals surface area contributed by atoms with Gasteiger partial charge in [0.05, 0.1) is 4.90 Å². The van der Waals surface area contributed by atoms with Crippen molar-refractivity contribution in [3.05, 3.63) is 24.3 Å². The number of carbonyl (C=O) groups is 2. The molecule has 0 heterocycles. The van der Waals surface area contributed by atoms with Crippen molar-refractivity contribution in [2.45, 2.75) is 94.4 Å². The number of hydrogen-bond donors (Lipinski definition) is 6. The molecule has 10 nitrogen and oxygen atoms in total. The molecule has 0 radical (unpaired) electrons. The quantitative estimate of drug-likeness (QED) is 0.0950. The van der Waals surface area contributed by atoms with Crippen molar-refractivity contribution < 1.29 is 33.2 Å². The Morgan fingerprint density at radius 3 is 2.08 bits per heavy atom. The monoisotopic (exact) mass is 541 g/mol. The van der Waals surface area contributed by atoms with E-state index in [1.54, 1.807) is 7.05 Å². The van der Waals surface area contributed by atoms with E-state index in [0.717, 1.165) is 70.6 Å². The second-order valence-electron chi connectivity index (χ2n) is 9.30. The molecule has 0 aliphatic heterocycles. The maximum absolute atomic E-state index is 12.3. The molecule has 0 fully saturated rings. The third kappa shape index (κ3) is 15.1. The zero-order valence-corrected chi connectivity index (χ0v) is 22.8. The third-order valence-corrected chi connectivity index (χ3v) is 7.69. The molecule has 1 rings (SSSR count). The first-order valence-electron chi connectivity index (χ1n) is 13.3. The molecule has 1 atom stereocenters. The second kappa shape index (κ2) is 19.1. The van der Waals surface area contributed by atoms with Crippen LogP contribution in [-0.4, -0.2) is 68.7 Å². The molecule has 0 saturated carbocycles. The summed E-state index contributed by atoms with van der Waals surface area (Å²) in [5.74, 6) is -0.795. The Labute approximate surface area is 221 Å². The Hall–Kier alpha value is -1.99. The number of likely N-dealkylation sites (N-methyl/N-ethyl adjacent to an activating group) is 1. The van der Waals surface area contributed by atoms with Gasteiger partial charge in [0.15, 0.2) is 0 Å². The van der Waals surface area contributed by atoms with E-state index in [-0.39, 0.29) is 16.3 Å². The number of hydrogen-bond acceptors (Lipinski definition) is 7. The number of aliphatic carboxylic acids is 1. The number of carboxylic acids is 1. The van der Waals surface area contributed by atoms with Crippen LogP contribution in [0.1, 0.15) is 83.5 Å². The Kier molecular flexibility index (Phi) is 17.1. The molecule has 1 aromatic carbocycles. The van der Waals surface area contributed by atoms with Crippen molar-refractivity contribution in [2.75, 3.05) is 20.1 Å². The van der Waals surface area contributed by atoms with Gasteiger partial charge >= 0.3 is 13.1 Å². The van der Waals surface area contributed by atoms with Gasteiger partial charge in [0.2, 0.25) is 15.9 Å². The molecule has 6 N–H and O–H groups in total. The maximum Gasteiger partial charge on any atom is 0.488 e. The highest BCUT2D eigenvalue weighted by atomic mass is 32.2. The molecule has 0 aliphatic carbocycles. The van der Waals surface area contributed by atoms with Crippen molar-refractivity contribution >= 4 is 34.5 Å². The van der Waals surface area contributed by atoms with Gasteiger partial charge < -0.3 is 25.8 Å². The topological polar surface area (TPSA) is 165 Å². The zero-order chi connectivity index (χ0) is 27.5. The summed E-state index contributed by atoms with van der Waals surface area (Å²) in [6, 6.07) is 5.08. The first kappa shape index (κ1) is 33.0. The number of rotatable bonds is 22. The average Bonchev–Trinajstić information content (AvgIpc) is 2.86. The molecular formula is C25H44BN3O7S. The minimum Gasteiger partial charge on any atom is -0.480 e. The van der Waals surface area contributed by atoms with Crippen LogP contribution in [0.25, 0.3) is 0 Å². The molecular weight excluding hydrogens is 497 g/mol. The highest BCUT2D eigenvalue weighted by Crippen LogP contribution is 2.11. The summed E-state index contributed by atoms with van der Waals surface area (Å²) in [6.07, 6.45) is 11.6. The van der Waals surface area contributed by atoms with E-state index in [0.29, 0.717) is 25.9 Å². The van der Waals surface area contributed by atoms with Crippen LogP contribution in [0, 0.1) is 0 Å². The Morgan fingerprint density at radius 1 is 0.892 bits per heavy atom. The van der Waals surface area contributed by atoms with Gasteiger partial charge in [0, 0.05) is 19.5 Å². The van der Waals surface area contributed by atoms with Crippen molar-refractivity contribution in [3.63, 3.8) is 0 Å². The smallest absolute Gasteiger partial charge is 0.480 e. The Morgan fingerprint density at radius 2 is 1.49 bits per heavy atom. The minimum atomic E-state index is -3.67. The number of carboxylic acid groups (broad SMARTS) is 1. The summed E-state index contributed by atoms with van der Waals surface area (Å²) < 4.78 is 27.2. The van der Waals surface area contributed by atoms with Gasteiger partial charge in [-0.15, -0.1) is 0 Å². The predicted molar refractivity (Wildman–Crippen MR) is 145 cm³/mol. The second-order valence-corrected chi connectivity index (χ2v) is 11.1. The van der Waals surface area contributed by atoms with Crippen LogP contribution in [0.3, 0.4) is 0 Å². The first-order chi connectivity index (χ1) is 17.7. The highest BCUT2D eigenvalue weighted by Gasteiger charge is 2.17. The summed E-state index contributed by atoms with van der Waals surface area (Å²) in [5, 5.41) is 33.0. The van der Waals surface area contributed by atoms with Crippen LogP contribution < -0.4 is 20.8 Å². The summed E-state index contributed by atoms with van der Waals surface area (Å²) in [4.78, 5) is 22.8. The van der Waals surface area contributed by atoms with Gasteiger partial charge in [-0.1, -0.05) is 57.1 Å². The van der Waals surface area contributed by atoms with Crippen LogP contribution in [0.5, 0.6) is 0 Å². The van der Waals surface area contributed by atoms with Crippen molar-refractivity contribution in [1.29, 1.82) is 0 Å². The van der Waals surface area contributed by atoms with E-state index < -0.39 is 29.2 Å². The van der Waals surface area contributed by atoms with E-state index >= 15 is 0 Å². The number of unbranched alkanes of at least 4 members (excludes halogenated alkanes) is 9. The molecule has 0 spiro atoms. The average molecular weight is 542 g/mol. The lowest BCUT2D eigenvalue weighted by atomic mass is 9.81. The lowest BCUT2D eigenvalue weighted by Gasteiger charge is -2.10. The van der Waals surface area contributed by atoms with E-state index in [9.17, 15) is 28.1 Å². The molecule has 0 aliphatic rings. The molecule has 37 heavy (non-hydrogen) atoms. The Balaban J connectivity index is 1.96. The molecule has 1 amide bonds. The normalized spacial score (nSPS) is 12.3. The molecule has 1 aromatic rings. The van der Waals surface area contributed by atoms with Gasteiger partial charge in [-0.05, 0) is 56.7 Å². The van der Waals surface area contributed by atoms with Gasteiger partial charge in [0.25, 0.3) is 0 Å². The van der Waals surface area contributed by atoms with Gasteiger partial charge in [-0.25, -0.2) is 13.1 Å². The van der Waals surface area contributed by atoms with Crippen molar-refractivity contribution in [3.8, 4) is 0 Å². The van der Waals surface area contributed by atoms with Crippen LogP contribution >= 0.6 is 0 Å². The summed E-state index contributed by atoms with van der Waals surface area (Å²) in [6.45, 7) is 0.923. The SMILES string of the molecule is CN[C@@H](CCCCNC(=O)CCCCCCCCCCCNS(=O)(=O)c1cccc(B(O)O)c1)C(=O)O. The molecule has 210 valence electrons. The summed E-state index contributed by atoms with van der Waals surface area (Å²) in [5.41, 5.74) is 0.135. The van der Waals surface area contributed by atoms with Crippen LogP contribution in [0.2, 0.25) is 0 Å². The number of sulfonamides is 1. The Bertz CT molecular complexity index is 900. The van der Waals surface area contributed by atoms with E-state index in [1.165, 1.54) is 24.3 Å². The van der Waals surface area contributed by atoms with Gasteiger partial charge in [0.1, 0.15) is 6.04 Å². The lowest BCUT2D eigenvalue weighted by Crippen LogP contribution is -2.33. The number of carbonyl (C=O) groups excluding carboxylic acids is 1. The van der Waals surface area contributed by atoms with E-state index in [2.05, 4.69) is 15.4 Å². The summed E-state index contributed by atoms with van der Waals surface area (Å²) in [7, 11) is -3.74. The first-order valence-corrected chi connectivity index (χ1v) is 14.8. The molecule has 12 heteroatoms. The number of benzene rings is 1. The van der Waals surface area contributed by atoms with E-state index in [4.69, 9.17) is 5.11 Å². The summed E-state index contributed by atoms with van der Waals surface area (Å²) >= 11 is 0. The van der Waals surface area contributed by atoms with Crippen LogP contribution in [-0.2, 0) is 19.6 Å². The van der Waals surface area contributed by atoms with Gasteiger partial charge in [-0.3, -0.25) is 9.59 Å². The minimum absolute atomic E-state index is 0.0198. The van der Waals surface area contributed by atoms with Crippen LogP contribution in [0.15, 0.2) is 29.2 Å². The molecule has 0 unspecified atom stereocenters. The van der Waals surface area contributed by atoms with Gasteiger partial charge in [-0.2, -0.15) is 0 Å². The number of nitrogens with one attached hydrogen (secondary N) is 3. The largest absolute Gasteiger partial charge is 0.488 e. The lowest BCUT2D eigenvalue weighted by molar-refractivity contribution is -0.139. The number of amides is 1. The fourth-order valence-corrected chi connectivity index (χ4v) is 5.09. The predicted octanol–water partition coefficient (Wildman–Crippen LogP) is 1.50. The maximum atomic E-state index is 12.3. The van der Waals surface area contributed by atoms with Crippen molar-refractivity contribution in [1.82, 2.24) is 15.4 Å². The molecule has 0 aromatic heterocycles. The third-order valence-electron chi connectivity index (χ3n) is 6.23. The molecule has 0 bridgehead atoms. The van der Waals surface area contributed by atoms with Crippen molar-refractivity contribution in [2.24, 2.45) is 0 Å². The standard InChI is InChI=1S/C25H44BN3O7S/c1-27-23(25(31)32)16-10-12-18-28-24(30)17-9-7-5-3-2-4-6-8-11-19-29-37(35,36)22-15-13-14-21(20-22)26(33)34/h13-15,20,23,27,29,33-34H,2-12,16-19H2,1H3,(H,28,30)(H,31,32)/t23-/m0/s1. The molecule has 0 saturated heterocycles. The van der Waals surface area contributed by atoms with Crippen LogP contribution in [0.4, 0.5) is 0 Å². The fraction of sp³-hybridized carbons (Fsp3) is 0.680. The zero-order valence-electron chi connectivity index (χ0n) is 22.0.